The molecule has 2 heterocycles. The zero-order valence-electron chi connectivity index (χ0n) is 9.86. The molecule has 2 aromatic rings. The molecular weight excluding hydrogens is 235 g/mol. The minimum atomic E-state index is -0.697. The van der Waals surface area contributed by atoms with E-state index in [2.05, 4.69) is 15.0 Å². The normalized spacial score (nSPS) is 12.2. The molecule has 0 aliphatic rings. The van der Waals surface area contributed by atoms with Crippen LogP contribution >= 0.6 is 0 Å². The smallest absolute Gasteiger partial charge is 0.225 e. The Morgan fingerprint density at radius 2 is 2.06 bits per heavy atom. The first kappa shape index (κ1) is 12.4. The number of halogens is 1. The monoisotopic (exact) mass is 248 g/mol. The first-order valence-corrected chi connectivity index (χ1v) is 5.43. The third kappa shape index (κ3) is 2.98. The van der Waals surface area contributed by atoms with Crippen molar-refractivity contribution in [1.29, 1.82) is 0 Å². The standard InChI is InChI=1S/C12H13FN4O/c1-17(12-15-6-10(13)7-16-12)8-11(18)9-3-2-4-14-5-9/h2-7,11,18H,8H2,1H3. The van der Waals surface area contributed by atoms with Gasteiger partial charge < -0.3 is 10.0 Å². The number of hydrogen-bond donors (Lipinski definition) is 1. The third-order valence-corrected chi connectivity index (χ3v) is 2.46. The number of aliphatic hydroxyl groups is 1. The summed E-state index contributed by atoms with van der Waals surface area (Å²) in [5.74, 6) is -0.126. The van der Waals surface area contributed by atoms with Crippen LogP contribution in [-0.4, -0.2) is 33.7 Å². The number of likely N-dealkylation sites (N-methyl/N-ethyl adjacent to an activating group) is 1. The highest BCUT2D eigenvalue weighted by atomic mass is 19.1. The number of anilines is 1. The number of rotatable bonds is 4. The van der Waals surface area contributed by atoms with Gasteiger partial charge in [0.25, 0.3) is 0 Å². The van der Waals surface area contributed by atoms with Gasteiger partial charge in [-0.15, -0.1) is 0 Å². The second-order valence-corrected chi connectivity index (χ2v) is 3.88. The summed E-state index contributed by atoms with van der Waals surface area (Å²) in [6, 6.07) is 3.55. The van der Waals surface area contributed by atoms with E-state index >= 15 is 0 Å². The minimum Gasteiger partial charge on any atom is -0.386 e. The number of hydrogen-bond acceptors (Lipinski definition) is 5. The fraction of sp³-hybridized carbons (Fsp3) is 0.250. The van der Waals surface area contributed by atoms with Gasteiger partial charge in [-0.2, -0.15) is 0 Å². The summed E-state index contributed by atoms with van der Waals surface area (Å²) < 4.78 is 12.7. The Morgan fingerprint density at radius 1 is 1.33 bits per heavy atom. The van der Waals surface area contributed by atoms with Crippen molar-refractivity contribution in [3.05, 3.63) is 48.3 Å². The van der Waals surface area contributed by atoms with E-state index in [4.69, 9.17) is 0 Å². The Kier molecular flexibility index (Phi) is 3.78. The lowest BCUT2D eigenvalue weighted by Gasteiger charge is -2.20. The third-order valence-electron chi connectivity index (χ3n) is 2.46. The fourth-order valence-corrected chi connectivity index (χ4v) is 1.52. The van der Waals surface area contributed by atoms with Crippen LogP contribution in [0.2, 0.25) is 0 Å². The van der Waals surface area contributed by atoms with Gasteiger partial charge in [-0.25, -0.2) is 14.4 Å². The molecule has 0 aromatic carbocycles. The van der Waals surface area contributed by atoms with Gasteiger partial charge in [0.15, 0.2) is 5.82 Å². The summed E-state index contributed by atoms with van der Waals surface area (Å²) in [6.07, 6.45) is 4.73. The van der Waals surface area contributed by atoms with Gasteiger partial charge in [0, 0.05) is 25.0 Å². The lowest BCUT2D eigenvalue weighted by molar-refractivity contribution is 0.184. The molecule has 18 heavy (non-hydrogen) atoms. The quantitative estimate of drug-likeness (QED) is 0.880. The molecule has 0 bridgehead atoms. The number of aromatic nitrogens is 3. The summed E-state index contributed by atoms with van der Waals surface area (Å²) in [4.78, 5) is 13.3. The lowest BCUT2D eigenvalue weighted by atomic mass is 10.1. The predicted octanol–water partition coefficient (Wildman–Crippen LogP) is 1.18. The lowest BCUT2D eigenvalue weighted by Crippen LogP contribution is -2.26. The Hall–Kier alpha value is -2.08. The molecule has 0 aliphatic heterocycles. The van der Waals surface area contributed by atoms with Gasteiger partial charge in [-0.05, 0) is 6.07 Å². The molecule has 0 aliphatic carbocycles. The average molecular weight is 248 g/mol. The van der Waals surface area contributed by atoms with Crippen LogP contribution in [0, 0.1) is 5.82 Å². The molecule has 0 amide bonds. The van der Waals surface area contributed by atoms with Crippen LogP contribution in [0.5, 0.6) is 0 Å². The van der Waals surface area contributed by atoms with Gasteiger partial charge in [-0.1, -0.05) is 6.07 Å². The van der Waals surface area contributed by atoms with Crippen LogP contribution in [0.15, 0.2) is 36.9 Å². The number of pyridine rings is 1. The maximum absolute atomic E-state index is 12.7. The second-order valence-electron chi connectivity index (χ2n) is 3.88. The molecule has 1 unspecified atom stereocenters. The molecule has 5 nitrogen and oxygen atoms in total. The Balaban J connectivity index is 2.03. The topological polar surface area (TPSA) is 62.1 Å². The summed E-state index contributed by atoms with van der Waals surface area (Å²) >= 11 is 0. The van der Waals surface area contributed by atoms with E-state index < -0.39 is 11.9 Å². The van der Waals surface area contributed by atoms with Crippen molar-refractivity contribution in [1.82, 2.24) is 15.0 Å². The van der Waals surface area contributed by atoms with Crippen molar-refractivity contribution in [3.8, 4) is 0 Å². The first-order chi connectivity index (χ1) is 8.66. The van der Waals surface area contributed by atoms with Crippen LogP contribution < -0.4 is 4.90 Å². The number of aliphatic hydroxyl groups excluding tert-OH is 1. The highest BCUT2D eigenvalue weighted by molar-refractivity contribution is 5.28. The molecule has 0 saturated carbocycles. The molecular formula is C12H13FN4O. The van der Waals surface area contributed by atoms with Crippen LogP contribution in [0.25, 0.3) is 0 Å². The molecule has 1 atom stereocenters. The van der Waals surface area contributed by atoms with E-state index in [9.17, 15) is 9.50 Å². The van der Waals surface area contributed by atoms with Crippen LogP contribution in [0.1, 0.15) is 11.7 Å². The second kappa shape index (κ2) is 5.50. The van der Waals surface area contributed by atoms with Crippen molar-refractivity contribution < 1.29 is 9.50 Å². The van der Waals surface area contributed by atoms with Crippen molar-refractivity contribution in [2.75, 3.05) is 18.5 Å². The highest BCUT2D eigenvalue weighted by Crippen LogP contribution is 2.14. The number of nitrogens with zero attached hydrogens (tertiary/aromatic N) is 4. The fourth-order valence-electron chi connectivity index (χ4n) is 1.52. The van der Waals surface area contributed by atoms with E-state index in [0.29, 0.717) is 18.1 Å². The summed E-state index contributed by atoms with van der Waals surface area (Å²) in [6.45, 7) is 0.303. The van der Waals surface area contributed by atoms with Gasteiger partial charge in [0.1, 0.15) is 0 Å². The summed E-state index contributed by atoms with van der Waals surface area (Å²) in [5.41, 5.74) is 0.714. The zero-order valence-corrected chi connectivity index (χ0v) is 9.86. The largest absolute Gasteiger partial charge is 0.386 e. The SMILES string of the molecule is CN(CC(O)c1cccnc1)c1ncc(F)cn1. The first-order valence-electron chi connectivity index (χ1n) is 5.43. The molecule has 0 saturated heterocycles. The van der Waals surface area contributed by atoms with E-state index in [0.717, 1.165) is 12.4 Å². The van der Waals surface area contributed by atoms with Gasteiger partial charge >= 0.3 is 0 Å². The molecule has 6 heteroatoms. The molecule has 2 rings (SSSR count). The molecule has 2 aromatic heterocycles. The highest BCUT2D eigenvalue weighted by Gasteiger charge is 2.12. The van der Waals surface area contributed by atoms with E-state index in [1.165, 1.54) is 0 Å². The van der Waals surface area contributed by atoms with Crippen molar-refractivity contribution >= 4 is 5.95 Å². The van der Waals surface area contributed by atoms with Gasteiger partial charge in [0.2, 0.25) is 5.95 Å². The zero-order chi connectivity index (χ0) is 13.0. The van der Waals surface area contributed by atoms with Gasteiger partial charge in [-0.3, -0.25) is 4.98 Å². The summed E-state index contributed by atoms with van der Waals surface area (Å²) in [7, 11) is 1.73. The summed E-state index contributed by atoms with van der Waals surface area (Å²) in [5, 5.41) is 10.00. The maximum atomic E-state index is 12.7. The van der Waals surface area contributed by atoms with Crippen molar-refractivity contribution in [3.63, 3.8) is 0 Å². The Bertz CT molecular complexity index is 491. The van der Waals surface area contributed by atoms with E-state index in [-0.39, 0.29) is 0 Å². The molecule has 94 valence electrons. The van der Waals surface area contributed by atoms with Crippen LogP contribution in [-0.2, 0) is 0 Å². The van der Waals surface area contributed by atoms with E-state index in [1.807, 2.05) is 0 Å². The average Bonchev–Trinajstić information content (AvgIpc) is 2.40. The Morgan fingerprint density at radius 3 is 2.67 bits per heavy atom. The maximum Gasteiger partial charge on any atom is 0.225 e. The molecule has 0 radical (unpaired) electrons. The van der Waals surface area contributed by atoms with Crippen molar-refractivity contribution in [2.45, 2.75) is 6.10 Å². The van der Waals surface area contributed by atoms with Crippen molar-refractivity contribution in [2.24, 2.45) is 0 Å². The minimum absolute atomic E-state index is 0.303. The molecule has 0 fully saturated rings. The van der Waals surface area contributed by atoms with Crippen LogP contribution in [0.4, 0.5) is 10.3 Å². The van der Waals surface area contributed by atoms with Gasteiger partial charge in [0.05, 0.1) is 25.0 Å². The predicted molar refractivity (Wildman–Crippen MR) is 64.5 cm³/mol. The molecule has 1 N–H and O–H groups in total. The Labute approximate surface area is 104 Å². The van der Waals surface area contributed by atoms with E-state index in [1.54, 1.807) is 36.5 Å². The van der Waals surface area contributed by atoms with Crippen LogP contribution in [0.3, 0.4) is 0 Å². The molecule has 0 spiro atoms.